The molecule has 0 spiro atoms. The smallest absolute Gasteiger partial charge is 0.366 e. The molecule has 1 aliphatic rings. The summed E-state index contributed by atoms with van der Waals surface area (Å²) in [5, 5.41) is 24.6. The number of ether oxygens (including phenoxy) is 5. The fraction of sp³-hybridized carbons (Fsp3) is 0.654. The lowest BCUT2D eigenvalue weighted by Gasteiger charge is -2.48. The highest BCUT2D eigenvalue weighted by atomic mass is 28.3. The normalized spacial score (nSPS) is 25.2. The molecule has 214 valence electrons. The van der Waals surface area contributed by atoms with Crippen LogP contribution in [0, 0.1) is 0 Å². The summed E-state index contributed by atoms with van der Waals surface area (Å²) in [5.74, 6) is -4.10. The Labute approximate surface area is 224 Å². The van der Waals surface area contributed by atoms with Gasteiger partial charge in [0, 0.05) is 28.5 Å². The average Bonchev–Trinajstić information content (AvgIpc) is 2.83. The maximum Gasteiger partial charge on any atom is 0.366 e. The van der Waals surface area contributed by atoms with Crippen molar-refractivity contribution in [2.45, 2.75) is 88.8 Å². The summed E-state index contributed by atoms with van der Waals surface area (Å²) in [7, 11) is -0.418. The van der Waals surface area contributed by atoms with E-state index >= 15 is 0 Å². The van der Waals surface area contributed by atoms with Crippen molar-refractivity contribution in [3.8, 4) is 0 Å². The topological polar surface area (TPSA) is 150 Å². The van der Waals surface area contributed by atoms with Crippen molar-refractivity contribution in [1.82, 2.24) is 5.32 Å². The second-order valence-corrected chi connectivity index (χ2v) is 16.2. The lowest BCUT2D eigenvalue weighted by Crippen LogP contribution is -2.68. The molecule has 12 heteroatoms. The number of aliphatic hydroxyl groups excluding tert-OH is 2. The van der Waals surface area contributed by atoms with Crippen LogP contribution in [0.2, 0.25) is 25.7 Å². The standard InChI is InChI=1S/C26H41NO10Si/c1-17(28)27-22-21(36-18(2)29)14-26(25(32)33-3,35-12-13-38(4,5)6)37-24(22)23(31)20(30)16-34-15-19-10-8-7-9-11-19/h7-11,20-24,30-31H,12-16H2,1-6H3,(H,27,28)/t20-,21+,22-,23-,24-,26-/m1/s1. The van der Waals surface area contributed by atoms with E-state index < -0.39 is 62.2 Å². The van der Waals surface area contributed by atoms with E-state index in [1.165, 1.54) is 13.8 Å². The van der Waals surface area contributed by atoms with Crippen LogP contribution in [0.3, 0.4) is 0 Å². The third kappa shape index (κ3) is 9.44. The van der Waals surface area contributed by atoms with Gasteiger partial charge in [-0.2, -0.15) is 0 Å². The van der Waals surface area contributed by atoms with Gasteiger partial charge in [-0.25, -0.2) is 4.79 Å². The molecule has 11 nitrogen and oxygen atoms in total. The predicted molar refractivity (Wildman–Crippen MR) is 140 cm³/mol. The Bertz CT molecular complexity index is 924. The van der Waals surface area contributed by atoms with Gasteiger partial charge in [0.15, 0.2) is 0 Å². The first kappa shape index (κ1) is 31.9. The highest BCUT2D eigenvalue weighted by molar-refractivity contribution is 6.76. The summed E-state index contributed by atoms with van der Waals surface area (Å²) in [6.45, 7) is 8.90. The molecule has 2 rings (SSSR count). The largest absolute Gasteiger partial charge is 0.465 e. The summed E-state index contributed by atoms with van der Waals surface area (Å²) in [6.07, 6.45) is -5.98. The second-order valence-electron chi connectivity index (χ2n) is 10.6. The molecule has 1 heterocycles. The number of carbonyl (C=O) groups excluding carboxylic acids is 3. The van der Waals surface area contributed by atoms with Gasteiger partial charge in [-0.05, 0) is 11.6 Å². The first-order valence-corrected chi connectivity index (χ1v) is 16.3. The summed E-state index contributed by atoms with van der Waals surface area (Å²) in [6, 6.07) is 8.85. The Kier molecular flexibility index (Phi) is 11.9. The second kappa shape index (κ2) is 14.2. The maximum absolute atomic E-state index is 13.0. The fourth-order valence-electron chi connectivity index (χ4n) is 4.11. The number of esters is 2. The zero-order chi connectivity index (χ0) is 28.5. The first-order valence-electron chi connectivity index (χ1n) is 12.6. The van der Waals surface area contributed by atoms with Crippen LogP contribution < -0.4 is 5.32 Å². The SMILES string of the molecule is COC(=O)[C@@]1(OCC[Si](C)(C)C)C[C@H](OC(C)=O)[C@@H](NC(C)=O)[C@H]([C@H](O)[C@H](O)COCc2ccccc2)O1. The highest BCUT2D eigenvalue weighted by Crippen LogP contribution is 2.36. The van der Waals surface area contributed by atoms with E-state index in [0.717, 1.165) is 12.7 Å². The van der Waals surface area contributed by atoms with Crippen molar-refractivity contribution in [2.75, 3.05) is 20.3 Å². The Morgan fingerprint density at radius 1 is 1.16 bits per heavy atom. The zero-order valence-corrected chi connectivity index (χ0v) is 24.0. The Morgan fingerprint density at radius 2 is 1.82 bits per heavy atom. The van der Waals surface area contributed by atoms with Gasteiger partial charge in [-0.3, -0.25) is 9.59 Å². The van der Waals surface area contributed by atoms with E-state index in [1.54, 1.807) is 0 Å². The molecule has 0 radical (unpaired) electrons. The molecule has 0 unspecified atom stereocenters. The molecule has 0 aliphatic carbocycles. The molecular formula is C26H41NO10Si. The zero-order valence-electron chi connectivity index (χ0n) is 23.0. The quantitative estimate of drug-likeness (QED) is 0.241. The monoisotopic (exact) mass is 555 g/mol. The number of carbonyl (C=O) groups is 3. The van der Waals surface area contributed by atoms with Gasteiger partial charge in [0.1, 0.15) is 24.4 Å². The number of methoxy groups -OCH3 is 1. The van der Waals surface area contributed by atoms with Crippen LogP contribution in [-0.4, -0.2) is 92.7 Å². The first-order chi connectivity index (χ1) is 17.8. The average molecular weight is 556 g/mol. The molecule has 6 atom stereocenters. The molecule has 38 heavy (non-hydrogen) atoms. The van der Waals surface area contributed by atoms with Crippen LogP contribution in [0.1, 0.15) is 25.8 Å². The molecule has 1 fully saturated rings. The molecule has 1 aromatic rings. The lowest BCUT2D eigenvalue weighted by atomic mass is 9.88. The molecule has 0 aromatic heterocycles. The van der Waals surface area contributed by atoms with Crippen molar-refractivity contribution < 1.29 is 48.3 Å². The summed E-state index contributed by atoms with van der Waals surface area (Å²) in [4.78, 5) is 37.0. The van der Waals surface area contributed by atoms with Gasteiger partial charge >= 0.3 is 11.9 Å². The summed E-state index contributed by atoms with van der Waals surface area (Å²) in [5.41, 5.74) is 0.870. The van der Waals surface area contributed by atoms with Crippen molar-refractivity contribution in [3.05, 3.63) is 35.9 Å². The Morgan fingerprint density at radius 3 is 2.37 bits per heavy atom. The van der Waals surface area contributed by atoms with Gasteiger partial charge in [0.2, 0.25) is 5.91 Å². The van der Waals surface area contributed by atoms with E-state index in [1.807, 2.05) is 30.3 Å². The third-order valence-corrected chi connectivity index (χ3v) is 7.76. The molecular weight excluding hydrogens is 514 g/mol. The van der Waals surface area contributed by atoms with Crippen LogP contribution in [0.25, 0.3) is 0 Å². The van der Waals surface area contributed by atoms with Crippen LogP contribution in [0.15, 0.2) is 30.3 Å². The van der Waals surface area contributed by atoms with Gasteiger partial charge in [-0.1, -0.05) is 50.0 Å². The van der Waals surface area contributed by atoms with Gasteiger partial charge in [-0.15, -0.1) is 0 Å². The van der Waals surface area contributed by atoms with E-state index in [9.17, 15) is 24.6 Å². The molecule has 1 amide bonds. The van der Waals surface area contributed by atoms with Crippen LogP contribution in [0.5, 0.6) is 0 Å². The predicted octanol–water partition coefficient (Wildman–Crippen LogP) is 1.37. The molecule has 0 bridgehead atoms. The van der Waals surface area contributed by atoms with Crippen molar-refractivity contribution >= 4 is 25.9 Å². The van der Waals surface area contributed by atoms with Crippen molar-refractivity contribution in [1.29, 1.82) is 0 Å². The minimum Gasteiger partial charge on any atom is -0.465 e. The maximum atomic E-state index is 13.0. The number of aliphatic hydroxyl groups is 2. The molecule has 1 aliphatic heterocycles. The Balaban J connectivity index is 2.34. The summed E-state index contributed by atoms with van der Waals surface area (Å²) < 4.78 is 28.0. The number of hydrogen-bond donors (Lipinski definition) is 3. The fourth-order valence-corrected chi connectivity index (χ4v) is 4.83. The van der Waals surface area contributed by atoms with E-state index in [-0.39, 0.29) is 26.2 Å². The number of amides is 1. The van der Waals surface area contributed by atoms with E-state index in [2.05, 4.69) is 25.0 Å². The Hall–Kier alpha value is -2.35. The molecule has 3 N–H and O–H groups in total. The van der Waals surface area contributed by atoms with Crippen molar-refractivity contribution in [2.24, 2.45) is 0 Å². The van der Waals surface area contributed by atoms with Crippen LogP contribution >= 0.6 is 0 Å². The third-order valence-electron chi connectivity index (χ3n) is 6.05. The molecule has 0 saturated carbocycles. The van der Waals surface area contributed by atoms with Crippen LogP contribution in [0.4, 0.5) is 0 Å². The lowest BCUT2D eigenvalue weighted by molar-refractivity contribution is -0.312. The number of nitrogens with one attached hydrogen (secondary N) is 1. The molecule has 1 aromatic carbocycles. The van der Waals surface area contributed by atoms with E-state index in [0.29, 0.717) is 6.04 Å². The molecule has 1 saturated heterocycles. The number of rotatable bonds is 13. The van der Waals surface area contributed by atoms with Crippen molar-refractivity contribution in [3.63, 3.8) is 0 Å². The summed E-state index contributed by atoms with van der Waals surface area (Å²) >= 11 is 0. The van der Waals surface area contributed by atoms with Crippen LogP contribution in [-0.2, 0) is 44.7 Å². The minimum atomic E-state index is -2.04. The van der Waals surface area contributed by atoms with Gasteiger partial charge < -0.3 is 39.2 Å². The van der Waals surface area contributed by atoms with E-state index in [4.69, 9.17) is 23.7 Å². The number of benzene rings is 1. The highest BCUT2D eigenvalue weighted by Gasteiger charge is 2.57. The minimum absolute atomic E-state index is 0.147. The van der Waals surface area contributed by atoms with Gasteiger partial charge in [0.05, 0.1) is 32.8 Å². The van der Waals surface area contributed by atoms with Gasteiger partial charge in [0.25, 0.3) is 5.79 Å². The number of hydrogen-bond acceptors (Lipinski definition) is 10.